The first-order valence-electron chi connectivity index (χ1n) is 0. The Kier molecular flexibility index (Phi) is 22700. The summed E-state index contributed by atoms with van der Waals surface area (Å²) >= 11 is 0. The molecule has 0 aromatic heterocycles. The molecule has 9 heteroatoms. The molecule has 4 nitrogen and oxygen atoms in total. The summed E-state index contributed by atoms with van der Waals surface area (Å²) in [4.78, 5) is 0. The molecule has 0 saturated carbocycles. The zero-order chi connectivity index (χ0) is 0. The minimum Gasteiger partial charge on any atom is -0.344 e. The Bertz CT molecular complexity index is 8.92. The van der Waals surface area contributed by atoms with E-state index < -0.39 is 0 Å². The van der Waals surface area contributed by atoms with Crippen molar-refractivity contribution in [1.82, 2.24) is 24.6 Å². The van der Waals surface area contributed by atoms with Gasteiger partial charge in [-0.3, -0.25) is 0 Å². The van der Waals surface area contributed by atoms with Gasteiger partial charge in [-0.2, -0.15) is 0 Å². The minimum atomic E-state index is 0. The van der Waals surface area contributed by atoms with Crippen molar-refractivity contribution in [1.29, 1.82) is 0 Å². The molecule has 0 saturated heterocycles. The lowest BCUT2D eigenvalue weighted by atomic mass is 14.0. The Morgan fingerprint density at radius 2 is 0.222 bits per heavy atom. The van der Waals surface area contributed by atoms with Gasteiger partial charge in [-0.1, -0.05) is 0 Å². The average molecular weight is 250 g/mol. The fraction of sp³-hybridized carbons (Fsp3) is 0. The van der Waals surface area contributed by atoms with E-state index in [1.807, 2.05) is 0 Å². The van der Waals surface area contributed by atoms with Crippen molar-refractivity contribution < 1.29 is 0 Å². The second kappa shape index (κ2) is 384. The summed E-state index contributed by atoms with van der Waals surface area (Å²) < 4.78 is 0. The Hall–Kier alpha value is 1.29. The van der Waals surface area contributed by atoms with Crippen molar-refractivity contribution in [3.8, 4) is 0 Å². The SMILES string of the molecule is Cl.Cl.Cl.Cl.Cl.N.N.N.N. The predicted molar refractivity (Wildman–Crippen MR) is 56.3 cm³/mol. The van der Waals surface area contributed by atoms with Crippen LogP contribution in [0.4, 0.5) is 0 Å². The number of rotatable bonds is 0. The molecule has 0 aromatic rings. The van der Waals surface area contributed by atoms with Crippen molar-refractivity contribution in [2.75, 3.05) is 0 Å². The van der Waals surface area contributed by atoms with Crippen LogP contribution in [0.15, 0.2) is 0 Å². The summed E-state index contributed by atoms with van der Waals surface area (Å²) in [7, 11) is 0. The van der Waals surface area contributed by atoms with E-state index in [0.717, 1.165) is 0 Å². The molecular formula is H17Cl5N4. The van der Waals surface area contributed by atoms with Crippen LogP contribution in [-0.2, 0) is 0 Å². The standard InChI is InChI=1S/5ClH.4H3N/h5*1H;4*1H3. The van der Waals surface area contributed by atoms with E-state index in [1.54, 1.807) is 0 Å². The van der Waals surface area contributed by atoms with Crippen LogP contribution in [0, 0.1) is 0 Å². The van der Waals surface area contributed by atoms with Gasteiger partial charge in [0.05, 0.1) is 0 Å². The number of halogens is 5. The summed E-state index contributed by atoms with van der Waals surface area (Å²) in [5.41, 5.74) is 0. The van der Waals surface area contributed by atoms with Gasteiger partial charge in [-0.25, -0.2) is 0 Å². The van der Waals surface area contributed by atoms with Gasteiger partial charge in [0.15, 0.2) is 0 Å². The largest absolute Gasteiger partial charge is 0.344 e. The molecule has 0 fully saturated rings. The van der Waals surface area contributed by atoms with Gasteiger partial charge < -0.3 is 24.6 Å². The molecule has 72 valence electrons. The molecule has 12 N–H and O–H groups in total. The second-order valence-corrected chi connectivity index (χ2v) is 0. The number of hydrogen-bond donors (Lipinski definition) is 4. The van der Waals surface area contributed by atoms with Gasteiger partial charge in [-0.05, 0) is 0 Å². The lowest BCUT2D eigenvalue weighted by Crippen LogP contribution is -0.482. The van der Waals surface area contributed by atoms with Crippen LogP contribution in [0.25, 0.3) is 0 Å². The fourth-order valence-electron chi connectivity index (χ4n) is 0. The molecule has 0 aromatic carbocycles. The van der Waals surface area contributed by atoms with Crippen molar-refractivity contribution in [3.05, 3.63) is 0 Å². The molecule has 0 aliphatic carbocycles. The molecule has 0 rings (SSSR count). The van der Waals surface area contributed by atoms with E-state index >= 15 is 0 Å². The van der Waals surface area contributed by atoms with E-state index in [1.165, 1.54) is 0 Å². The highest BCUT2D eigenvalue weighted by atomic mass is 35.5. The van der Waals surface area contributed by atoms with Crippen molar-refractivity contribution in [2.24, 2.45) is 0 Å². The number of hydrogen-bond acceptors (Lipinski definition) is 4. The van der Waals surface area contributed by atoms with Gasteiger partial charge in [-0.15, -0.1) is 62.0 Å². The third-order valence-electron chi connectivity index (χ3n) is 0. The third kappa shape index (κ3) is 297. The topological polar surface area (TPSA) is 140 Å². The smallest absolute Gasteiger partial charge is 0.147 e. The lowest BCUT2D eigenvalue weighted by molar-refractivity contribution is 2.13. The summed E-state index contributed by atoms with van der Waals surface area (Å²) in [5.74, 6) is 0. The third-order valence-corrected chi connectivity index (χ3v) is 0. The van der Waals surface area contributed by atoms with Crippen LogP contribution in [0.2, 0.25) is 0 Å². The molecule has 0 spiro atoms. The van der Waals surface area contributed by atoms with Crippen LogP contribution in [0.1, 0.15) is 0 Å². The Balaban J connectivity index is 0. The van der Waals surface area contributed by atoms with E-state index in [2.05, 4.69) is 0 Å². The van der Waals surface area contributed by atoms with Crippen molar-refractivity contribution in [2.45, 2.75) is 0 Å². The van der Waals surface area contributed by atoms with Crippen molar-refractivity contribution >= 4 is 62.0 Å². The lowest BCUT2D eigenvalue weighted by Gasteiger charge is -0.345. The maximum atomic E-state index is 0. The minimum absolute atomic E-state index is 0. The Labute approximate surface area is 86.7 Å². The van der Waals surface area contributed by atoms with Crippen LogP contribution < -0.4 is 24.6 Å². The zero-order valence-corrected chi connectivity index (χ0v) is 8.95. The summed E-state index contributed by atoms with van der Waals surface area (Å²) in [6, 6.07) is 0. The summed E-state index contributed by atoms with van der Waals surface area (Å²) in [6.45, 7) is 0. The fourth-order valence-corrected chi connectivity index (χ4v) is 0. The first-order valence-corrected chi connectivity index (χ1v) is 0. The summed E-state index contributed by atoms with van der Waals surface area (Å²) in [6.07, 6.45) is 0. The Morgan fingerprint density at radius 1 is 0.222 bits per heavy atom. The maximum Gasteiger partial charge on any atom is -0.147 e. The van der Waals surface area contributed by atoms with E-state index in [9.17, 15) is 0 Å². The van der Waals surface area contributed by atoms with Crippen LogP contribution in [-0.4, -0.2) is 0 Å². The first kappa shape index (κ1) is 534. The van der Waals surface area contributed by atoms with Gasteiger partial charge >= 0.3 is 0 Å². The second-order valence-electron chi connectivity index (χ2n) is 0. The average Bonchev–Trinajstić information content (AvgIpc) is 0. The molecule has 0 amide bonds. The van der Waals surface area contributed by atoms with E-state index in [-0.39, 0.29) is 86.6 Å². The first-order chi connectivity index (χ1) is 0. The van der Waals surface area contributed by atoms with E-state index in [4.69, 9.17) is 0 Å². The zero-order valence-electron chi connectivity index (χ0n) is 4.87. The van der Waals surface area contributed by atoms with E-state index in [0.29, 0.717) is 0 Å². The molecule has 0 heterocycles. The highest BCUT2D eigenvalue weighted by Crippen LogP contribution is 0.694. The monoisotopic (exact) mass is 248 g/mol. The van der Waals surface area contributed by atoms with Gasteiger partial charge in [0.2, 0.25) is 0 Å². The van der Waals surface area contributed by atoms with Crippen molar-refractivity contribution in [3.63, 3.8) is 0 Å². The van der Waals surface area contributed by atoms with Gasteiger partial charge in [0.25, 0.3) is 0 Å². The molecule has 0 unspecified atom stereocenters. The predicted octanol–water partition coefficient (Wildman–Crippen LogP) is 2.76. The summed E-state index contributed by atoms with van der Waals surface area (Å²) in [5, 5.41) is 0. The van der Waals surface area contributed by atoms with Crippen LogP contribution in [0.3, 0.4) is 0 Å². The van der Waals surface area contributed by atoms with Gasteiger partial charge in [0, 0.05) is 0 Å². The molecule has 0 bridgehead atoms. The van der Waals surface area contributed by atoms with Crippen LogP contribution >= 0.6 is 62.0 Å². The quantitative estimate of drug-likeness (QED) is 0.524. The molecule has 0 atom stereocenters. The molecule has 0 aliphatic rings. The highest BCUT2D eigenvalue weighted by Gasteiger charge is -0.142. The van der Waals surface area contributed by atoms with Crippen LogP contribution in [0.5, 0.6) is 0 Å². The highest BCUT2D eigenvalue weighted by molar-refractivity contribution is 5.86. The molecule has 9 heavy (non-hydrogen) atoms. The normalized spacial score (nSPS) is 0. The molecule has 0 radical (unpaired) electrons. The maximum absolute atomic E-state index is 0. The Morgan fingerprint density at radius 3 is 0.222 bits per heavy atom. The molecule has 0 aliphatic heterocycles. The molecular weight excluding hydrogens is 233 g/mol. The van der Waals surface area contributed by atoms with Gasteiger partial charge in [0.1, 0.15) is 0 Å².